The van der Waals surface area contributed by atoms with Crippen molar-refractivity contribution in [2.45, 2.75) is 51.7 Å². The van der Waals surface area contributed by atoms with Crippen LogP contribution in [0.5, 0.6) is 0 Å². The summed E-state index contributed by atoms with van der Waals surface area (Å²) in [4.78, 5) is 47.9. The van der Waals surface area contributed by atoms with Gasteiger partial charge in [-0.1, -0.05) is 32.0 Å². The molecular formula is C21H33N5O5. The second-order valence-electron chi connectivity index (χ2n) is 7.52. The van der Waals surface area contributed by atoms with Crippen molar-refractivity contribution in [3.8, 4) is 0 Å². The fraction of sp³-hybridized carbons (Fsp3) is 0.524. The lowest BCUT2D eigenvalue weighted by molar-refractivity contribution is -0.142. The van der Waals surface area contributed by atoms with Gasteiger partial charge < -0.3 is 20.6 Å². The second-order valence-corrected chi connectivity index (χ2v) is 7.52. The summed E-state index contributed by atoms with van der Waals surface area (Å²) in [5.74, 6) is -0.802. The summed E-state index contributed by atoms with van der Waals surface area (Å²) in [6, 6.07) is 7.67. The van der Waals surface area contributed by atoms with E-state index in [1.807, 2.05) is 44.2 Å². The van der Waals surface area contributed by atoms with Gasteiger partial charge in [-0.15, -0.1) is 0 Å². The van der Waals surface area contributed by atoms with E-state index in [2.05, 4.69) is 21.5 Å². The Kier molecular flexibility index (Phi) is 11.0. The van der Waals surface area contributed by atoms with Gasteiger partial charge in [-0.05, 0) is 44.9 Å². The molecule has 10 nitrogen and oxygen atoms in total. The van der Waals surface area contributed by atoms with Crippen LogP contribution in [0.2, 0.25) is 0 Å². The number of likely N-dealkylation sites (N-methyl/N-ethyl adjacent to an activating group) is 1. The molecule has 1 aliphatic rings. The molecule has 1 aromatic rings. The first-order chi connectivity index (χ1) is 14.8. The highest BCUT2D eigenvalue weighted by atomic mass is 16.3. The number of likely N-dealkylation sites (tertiary alicyclic amines) is 1. The lowest BCUT2D eigenvalue weighted by atomic mass is 10.0. The van der Waals surface area contributed by atoms with Crippen molar-refractivity contribution in [3.63, 3.8) is 0 Å². The summed E-state index contributed by atoms with van der Waals surface area (Å²) in [6.45, 7) is 5.76. The molecule has 3 atom stereocenters. The summed E-state index contributed by atoms with van der Waals surface area (Å²) < 4.78 is 0. The lowest BCUT2D eigenvalue weighted by Gasteiger charge is -2.31. The number of carbonyl (C=O) groups is 4. The molecule has 0 spiro atoms. The van der Waals surface area contributed by atoms with Crippen LogP contribution in [0, 0.1) is 5.92 Å². The molecule has 1 saturated heterocycles. The molecular weight excluding hydrogens is 402 g/mol. The van der Waals surface area contributed by atoms with E-state index in [9.17, 15) is 14.4 Å². The highest BCUT2D eigenvalue weighted by Gasteiger charge is 2.38. The minimum Gasteiger partial charge on any atom is -0.483 e. The van der Waals surface area contributed by atoms with Crippen LogP contribution in [0.4, 0.5) is 5.69 Å². The Morgan fingerprint density at radius 3 is 2.32 bits per heavy atom. The quantitative estimate of drug-likeness (QED) is 0.297. The van der Waals surface area contributed by atoms with Gasteiger partial charge >= 0.3 is 0 Å². The van der Waals surface area contributed by atoms with Gasteiger partial charge in [-0.25, -0.2) is 0 Å². The number of amides is 3. The van der Waals surface area contributed by atoms with Gasteiger partial charge in [0.2, 0.25) is 11.8 Å². The maximum absolute atomic E-state index is 13.1. The summed E-state index contributed by atoms with van der Waals surface area (Å²) in [6.07, 6.45) is 1.35. The number of nitrogens with one attached hydrogen (secondary N) is 4. The van der Waals surface area contributed by atoms with Crippen LogP contribution < -0.4 is 21.5 Å². The monoisotopic (exact) mass is 435 g/mol. The third kappa shape index (κ3) is 7.89. The van der Waals surface area contributed by atoms with E-state index in [0.717, 1.165) is 12.1 Å². The predicted octanol–water partition coefficient (Wildman–Crippen LogP) is 0.570. The molecule has 3 unspecified atom stereocenters. The van der Waals surface area contributed by atoms with Gasteiger partial charge in [0, 0.05) is 6.54 Å². The summed E-state index contributed by atoms with van der Waals surface area (Å²) in [5.41, 5.74) is 6.32. The average molecular weight is 436 g/mol. The van der Waals surface area contributed by atoms with Gasteiger partial charge in [0.25, 0.3) is 12.4 Å². The first kappa shape index (κ1) is 25.9. The van der Waals surface area contributed by atoms with Crippen LogP contribution in [0.1, 0.15) is 33.6 Å². The maximum Gasteiger partial charge on any atom is 0.290 e. The number of rotatable bonds is 8. The van der Waals surface area contributed by atoms with E-state index in [1.54, 1.807) is 18.9 Å². The molecule has 0 radical (unpaired) electrons. The van der Waals surface area contributed by atoms with Crippen molar-refractivity contribution >= 4 is 29.9 Å². The van der Waals surface area contributed by atoms with Crippen molar-refractivity contribution in [3.05, 3.63) is 30.3 Å². The van der Waals surface area contributed by atoms with Crippen molar-refractivity contribution < 1.29 is 24.3 Å². The van der Waals surface area contributed by atoms with E-state index in [4.69, 9.17) is 9.90 Å². The van der Waals surface area contributed by atoms with Gasteiger partial charge in [-0.3, -0.25) is 30.0 Å². The molecule has 0 aromatic heterocycles. The van der Waals surface area contributed by atoms with Crippen molar-refractivity contribution in [1.29, 1.82) is 0 Å². The Bertz CT molecular complexity index is 728. The van der Waals surface area contributed by atoms with E-state index >= 15 is 0 Å². The van der Waals surface area contributed by atoms with E-state index < -0.39 is 18.1 Å². The fourth-order valence-corrected chi connectivity index (χ4v) is 3.14. The molecule has 0 bridgehead atoms. The van der Waals surface area contributed by atoms with Crippen LogP contribution in [-0.4, -0.2) is 65.9 Å². The van der Waals surface area contributed by atoms with E-state index in [1.165, 1.54) is 0 Å². The smallest absolute Gasteiger partial charge is 0.290 e. The summed E-state index contributed by atoms with van der Waals surface area (Å²) in [5, 5.41) is 12.6. The lowest BCUT2D eigenvalue weighted by Crippen LogP contribution is -2.57. The van der Waals surface area contributed by atoms with Crippen LogP contribution in [0.3, 0.4) is 0 Å². The van der Waals surface area contributed by atoms with Gasteiger partial charge in [0.05, 0.1) is 11.7 Å². The molecule has 1 aromatic carbocycles. The minimum atomic E-state index is -0.668. The third-order valence-electron chi connectivity index (χ3n) is 5.00. The Morgan fingerprint density at radius 2 is 1.77 bits per heavy atom. The predicted molar refractivity (Wildman–Crippen MR) is 117 cm³/mol. The summed E-state index contributed by atoms with van der Waals surface area (Å²) in [7, 11) is 1.69. The van der Waals surface area contributed by atoms with Gasteiger partial charge in [0.1, 0.15) is 12.1 Å². The molecule has 10 heteroatoms. The number of hydrazine groups is 1. The molecule has 0 aliphatic carbocycles. The number of carbonyl (C=O) groups excluding carboxylic acids is 3. The Hall–Kier alpha value is -3.14. The van der Waals surface area contributed by atoms with E-state index in [-0.39, 0.29) is 30.1 Å². The molecule has 2 rings (SSSR count). The van der Waals surface area contributed by atoms with Crippen LogP contribution >= 0.6 is 0 Å². The number of hydrogen-bond acceptors (Lipinski definition) is 6. The van der Waals surface area contributed by atoms with Crippen molar-refractivity contribution in [2.24, 2.45) is 5.92 Å². The molecule has 0 saturated carbocycles. The number of benzene rings is 1. The number of carboxylic acid groups (broad SMARTS) is 1. The van der Waals surface area contributed by atoms with Crippen molar-refractivity contribution in [1.82, 2.24) is 21.0 Å². The number of para-hydroxylation sites is 1. The molecule has 1 heterocycles. The standard InChI is InChI=1S/C20H31N5O3.CH2O2/c1-13(2)17(22-18(26)14(3)21-4)20(28)25-12-8-11-16(25)19(27)24-23-15-9-6-5-7-10-15;2-1-3/h5-7,9-10,13-14,16-17,21,23H,8,11-12H2,1-4H3,(H,22,26)(H,24,27);1H,(H,2,3). The van der Waals surface area contributed by atoms with Crippen molar-refractivity contribution in [2.75, 3.05) is 19.0 Å². The fourth-order valence-electron chi connectivity index (χ4n) is 3.14. The zero-order chi connectivity index (χ0) is 23.4. The zero-order valence-electron chi connectivity index (χ0n) is 18.4. The highest BCUT2D eigenvalue weighted by molar-refractivity contribution is 5.93. The first-order valence-electron chi connectivity index (χ1n) is 10.2. The molecule has 172 valence electrons. The molecule has 1 aliphatic heterocycles. The molecule has 5 N–H and O–H groups in total. The molecule has 31 heavy (non-hydrogen) atoms. The average Bonchev–Trinajstić information content (AvgIpc) is 3.25. The van der Waals surface area contributed by atoms with Crippen LogP contribution in [0.15, 0.2) is 30.3 Å². The maximum atomic E-state index is 13.1. The normalized spacial score (nSPS) is 17.1. The first-order valence-corrected chi connectivity index (χ1v) is 10.2. The third-order valence-corrected chi connectivity index (χ3v) is 5.00. The Balaban J connectivity index is 0.00000151. The Morgan fingerprint density at radius 1 is 1.16 bits per heavy atom. The van der Waals surface area contributed by atoms with E-state index in [0.29, 0.717) is 13.0 Å². The minimum absolute atomic E-state index is 0.0905. The molecule has 1 fully saturated rings. The van der Waals surface area contributed by atoms with Gasteiger partial charge in [-0.2, -0.15) is 0 Å². The van der Waals surface area contributed by atoms with Crippen LogP contribution in [0.25, 0.3) is 0 Å². The SMILES string of the molecule is CNC(C)C(=O)NC(C(=O)N1CCCC1C(=O)NNc1ccccc1)C(C)C.O=CO. The van der Waals surface area contributed by atoms with Gasteiger partial charge in [0.15, 0.2) is 0 Å². The topological polar surface area (TPSA) is 140 Å². The summed E-state index contributed by atoms with van der Waals surface area (Å²) >= 11 is 0. The highest BCUT2D eigenvalue weighted by Crippen LogP contribution is 2.20. The number of hydrogen-bond donors (Lipinski definition) is 5. The zero-order valence-corrected chi connectivity index (χ0v) is 18.4. The number of nitrogens with zero attached hydrogens (tertiary/aromatic N) is 1. The van der Waals surface area contributed by atoms with Crippen LogP contribution in [-0.2, 0) is 19.2 Å². The molecule has 3 amide bonds. The number of anilines is 1. The largest absolute Gasteiger partial charge is 0.483 e. The second kappa shape index (κ2) is 13.2. The Labute approximate surface area is 182 Å².